The van der Waals surface area contributed by atoms with Gasteiger partial charge in [-0.05, 0) is 97.4 Å². The molecule has 0 aromatic heterocycles. The Morgan fingerprint density at radius 3 is 1.13 bits per heavy atom. The summed E-state index contributed by atoms with van der Waals surface area (Å²) >= 11 is 2.28. The zero-order valence-corrected chi connectivity index (χ0v) is 17.6. The fourth-order valence-electron chi connectivity index (χ4n) is 4.79. The summed E-state index contributed by atoms with van der Waals surface area (Å²) in [5.41, 5.74) is 1.06. The van der Waals surface area contributed by atoms with Crippen LogP contribution in [0.2, 0.25) is 0 Å². The van der Waals surface area contributed by atoms with Gasteiger partial charge in [0.15, 0.2) is 0 Å². The third-order valence-electron chi connectivity index (χ3n) is 6.85. The Balaban J connectivity index is 1.59. The van der Waals surface area contributed by atoms with Crippen molar-refractivity contribution in [1.29, 1.82) is 0 Å². The number of hydrogen-bond donors (Lipinski definition) is 0. The monoisotopic (exact) mass is 338 g/mol. The minimum atomic E-state index is 0.532. The summed E-state index contributed by atoms with van der Waals surface area (Å²) in [5, 5.41) is 0. The summed E-state index contributed by atoms with van der Waals surface area (Å²) in [5.74, 6) is 6.86. The van der Waals surface area contributed by atoms with Crippen molar-refractivity contribution in [2.45, 2.75) is 92.9 Å². The quantitative estimate of drug-likeness (QED) is 0.513. The van der Waals surface area contributed by atoms with Crippen LogP contribution in [0.3, 0.4) is 0 Å². The maximum atomic E-state index is 2.43. The van der Waals surface area contributed by atoms with Gasteiger partial charge in [0.1, 0.15) is 0 Å². The van der Waals surface area contributed by atoms with Crippen molar-refractivity contribution in [3.63, 3.8) is 0 Å². The molecule has 23 heavy (non-hydrogen) atoms. The lowest BCUT2D eigenvalue weighted by molar-refractivity contribution is 0.155. The van der Waals surface area contributed by atoms with E-state index >= 15 is 0 Å². The zero-order valence-electron chi connectivity index (χ0n) is 16.8. The number of thioether (sulfide) groups is 1. The molecule has 136 valence electrons. The highest BCUT2D eigenvalue weighted by Gasteiger charge is 2.31. The third kappa shape index (κ3) is 6.29. The van der Waals surface area contributed by atoms with E-state index in [0.29, 0.717) is 10.8 Å². The minimum Gasteiger partial charge on any atom is -0.161 e. The van der Waals surface area contributed by atoms with Gasteiger partial charge in [-0.15, -0.1) is 0 Å². The molecule has 0 bridgehead atoms. The van der Waals surface area contributed by atoms with Crippen molar-refractivity contribution >= 4 is 11.8 Å². The molecular formula is C22H42S. The third-order valence-corrected chi connectivity index (χ3v) is 8.26. The van der Waals surface area contributed by atoms with Crippen molar-refractivity contribution in [3.8, 4) is 0 Å². The van der Waals surface area contributed by atoms with Gasteiger partial charge in [0.2, 0.25) is 0 Å². The summed E-state index contributed by atoms with van der Waals surface area (Å²) < 4.78 is 0. The molecule has 0 heterocycles. The summed E-state index contributed by atoms with van der Waals surface area (Å²) in [6, 6.07) is 0. The summed E-state index contributed by atoms with van der Waals surface area (Å²) in [6.45, 7) is 14.6. The molecule has 0 aromatic rings. The van der Waals surface area contributed by atoms with Gasteiger partial charge < -0.3 is 0 Å². The van der Waals surface area contributed by atoms with Crippen molar-refractivity contribution in [2.75, 3.05) is 11.5 Å². The van der Waals surface area contributed by atoms with E-state index in [4.69, 9.17) is 0 Å². The van der Waals surface area contributed by atoms with Crippen LogP contribution >= 0.6 is 11.8 Å². The summed E-state index contributed by atoms with van der Waals surface area (Å²) in [7, 11) is 0. The lowest BCUT2D eigenvalue weighted by atomic mass is 9.70. The van der Waals surface area contributed by atoms with Crippen LogP contribution in [0.15, 0.2) is 0 Å². The van der Waals surface area contributed by atoms with Gasteiger partial charge in [-0.3, -0.25) is 0 Å². The first-order valence-electron chi connectivity index (χ1n) is 10.2. The molecule has 0 saturated heterocycles. The van der Waals surface area contributed by atoms with Crippen LogP contribution in [0.1, 0.15) is 92.9 Å². The Morgan fingerprint density at radius 1 is 0.565 bits per heavy atom. The molecule has 2 aliphatic rings. The van der Waals surface area contributed by atoms with E-state index in [1.807, 2.05) is 0 Å². The highest BCUT2D eigenvalue weighted by atomic mass is 32.2. The van der Waals surface area contributed by atoms with Crippen LogP contribution in [0, 0.1) is 34.5 Å². The average molecular weight is 339 g/mol. The zero-order chi connectivity index (χ0) is 17.1. The van der Waals surface area contributed by atoms with Crippen molar-refractivity contribution < 1.29 is 0 Å². The maximum absolute atomic E-state index is 2.43. The Kier molecular flexibility index (Phi) is 6.97. The first-order valence-corrected chi connectivity index (χ1v) is 11.4. The highest BCUT2D eigenvalue weighted by Crippen LogP contribution is 2.42. The van der Waals surface area contributed by atoms with Gasteiger partial charge in [-0.1, -0.05) is 41.5 Å². The molecule has 0 unspecified atom stereocenters. The molecule has 2 rings (SSSR count). The van der Waals surface area contributed by atoms with Crippen LogP contribution in [-0.2, 0) is 0 Å². The molecule has 2 saturated carbocycles. The topological polar surface area (TPSA) is 0 Å². The molecule has 0 N–H and O–H groups in total. The second-order valence-electron chi connectivity index (χ2n) is 10.7. The Hall–Kier alpha value is 0.350. The maximum Gasteiger partial charge on any atom is -0.00390 e. The second kappa shape index (κ2) is 8.15. The van der Waals surface area contributed by atoms with Crippen LogP contribution in [0.25, 0.3) is 0 Å². The highest BCUT2D eigenvalue weighted by molar-refractivity contribution is 7.99. The normalized spacial score (nSPS) is 33.7. The Bertz CT molecular complexity index is 296. The van der Waals surface area contributed by atoms with E-state index in [-0.39, 0.29) is 0 Å². The predicted molar refractivity (Wildman–Crippen MR) is 107 cm³/mol. The van der Waals surface area contributed by atoms with Crippen LogP contribution in [0.5, 0.6) is 0 Å². The van der Waals surface area contributed by atoms with Crippen LogP contribution in [0.4, 0.5) is 0 Å². The molecule has 0 atom stereocenters. The molecule has 0 nitrogen and oxygen atoms in total. The van der Waals surface area contributed by atoms with E-state index in [9.17, 15) is 0 Å². The van der Waals surface area contributed by atoms with Gasteiger partial charge in [-0.25, -0.2) is 0 Å². The average Bonchev–Trinajstić information content (AvgIpc) is 2.46. The lowest BCUT2D eigenvalue weighted by Crippen LogP contribution is -2.27. The molecule has 2 fully saturated rings. The van der Waals surface area contributed by atoms with E-state index in [0.717, 1.165) is 23.7 Å². The SMILES string of the molecule is CC(C)(C)C1CCC(CSCC2CCC(C(C)(C)C)CC2)CC1. The fraction of sp³-hybridized carbons (Fsp3) is 1.00. The molecule has 2 aliphatic carbocycles. The Morgan fingerprint density at radius 2 is 0.870 bits per heavy atom. The van der Waals surface area contributed by atoms with Crippen LogP contribution < -0.4 is 0 Å². The minimum absolute atomic E-state index is 0.532. The van der Waals surface area contributed by atoms with E-state index < -0.39 is 0 Å². The first kappa shape index (κ1) is 19.7. The van der Waals surface area contributed by atoms with E-state index in [1.54, 1.807) is 0 Å². The van der Waals surface area contributed by atoms with Gasteiger partial charge in [-0.2, -0.15) is 11.8 Å². The van der Waals surface area contributed by atoms with E-state index in [2.05, 4.69) is 53.3 Å². The van der Waals surface area contributed by atoms with Crippen molar-refractivity contribution in [3.05, 3.63) is 0 Å². The van der Waals surface area contributed by atoms with Gasteiger partial charge in [0, 0.05) is 0 Å². The first-order chi connectivity index (χ1) is 10.7. The Labute approximate surface area is 151 Å². The molecular weight excluding hydrogens is 296 g/mol. The van der Waals surface area contributed by atoms with Crippen LogP contribution in [-0.4, -0.2) is 11.5 Å². The molecule has 0 aromatic carbocycles. The van der Waals surface area contributed by atoms with Gasteiger partial charge in [0.25, 0.3) is 0 Å². The standard InChI is InChI=1S/C22H42S/c1-21(2,3)19-11-7-17(8-12-19)15-23-16-18-9-13-20(14-10-18)22(4,5)6/h17-20H,7-16H2,1-6H3. The second-order valence-corrected chi connectivity index (χ2v) is 11.8. The smallest absolute Gasteiger partial charge is 0.00390 e. The molecule has 0 amide bonds. The van der Waals surface area contributed by atoms with Gasteiger partial charge in [0.05, 0.1) is 0 Å². The number of hydrogen-bond acceptors (Lipinski definition) is 1. The van der Waals surface area contributed by atoms with Crippen molar-refractivity contribution in [2.24, 2.45) is 34.5 Å². The van der Waals surface area contributed by atoms with Gasteiger partial charge >= 0.3 is 0 Å². The summed E-state index contributed by atoms with van der Waals surface area (Å²) in [4.78, 5) is 0. The molecule has 0 aliphatic heterocycles. The lowest BCUT2D eigenvalue weighted by Gasteiger charge is -2.38. The number of rotatable bonds is 4. The summed E-state index contributed by atoms with van der Waals surface area (Å²) in [6.07, 6.45) is 11.9. The van der Waals surface area contributed by atoms with Crippen molar-refractivity contribution in [1.82, 2.24) is 0 Å². The predicted octanol–water partition coefficient (Wildman–Crippen LogP) is 7.42. The molecule has 1 heteroatoms. The molecule has 0 radical (unpaired) electrons. The fourth-order valence-corrected chi connectivity index (χ4v) is 6.26. The van der Waals surface area contributed by atoms with E-state index in [1.165, 1.54) is 62.9 Å². The largest absolute Gasteiger partial charge is 0.161 e. The molecule has 0 spiro atoms.